The Hall–Kier alpha value is -5.10. The van der Waals surface area contributed by atoms with Crippen molar-refractivity contribution in [1.82, 2.24) is 12.3 Å². The van der Waals surface area contributed by atoms with Crippen LogP contribution in [-0.4, -0.2) is 25.9 Å². The average Bonchev–Trinajstić information content (AvgIpc) is 2.96. The van der Waals surface area contributed by atoms with Crippen LogP contribution in [-0.2, 0) is 20.2 Å². The summed E-state index contributed by atoms with van der Waals surface area (Å²) in [6.07, 6.45) is 0. The maximum Gasteiger partial charge on any atom is 0.288 e. The summed E-state index contributed by atoms with van der Waals surface area (Å²) in [6, 6.07) is 11.3. The van der Waals surface area contributed by atoms with Gasteiger partial charge in [0.25, 0.3) is 22.1 Å². The summed E-state index contributed by atoms with van der Waals surface area (Å²) in [5.41, 5.74) is -4.66. The minimum Gasteiger partial charge on any atom is -0.744 e. The SMILES string of the molecule is Cc1c(S(=O)(=O)[O-])c2c(=O)c3ccccc3c(=O)c2c2[nH+]c3c(C)c(S(=O)(=O)[O-])c4c(=O)c5ccccc5c(=O)c4c3[nH+]c12.[NH4+].[NH4+]. The molecular formula is C30H24N4O10S2+2. The number of nitrogens with one attached hydrogen (secondary N) is 2. The molecule has 0 aliphatic carbocycles. The molecule has 0 radical (unpaired) electrons. The standard InChI is InChI=1S/C30H16N2O10S2.2H3N/c1-11-21-23(17-19(29(11)43(37,38)39)27(35)15-9-5-3-7-13(15)25(17)33)32-22-12(2)30(44(40,41)42)20-18(24(22)31-21)26(34)14-8-4-6-10-16(14)28(20)36;;/h3-10H,1-2H3,(H,37,38,39)(H,40,41,42);2*1H3/p+2. The van der Waals surface area contributed by atoms with Gasteiger partial charge in [0.15, 0.2) is 10.9 Å². The van der Waals surface area contributed by atoms with Crippen molar-refractivity contribution in [1.29, 1.82) is 0 Å². The summed E-state index contributed by atoms with van der Waals surface area (Å²) >= 11 is 0. The molecule has 46 heavy (non-hydrogen) atoms. The fourth-order valence-electron chi connectivity index (χ4n) is 6.33. The molecule has 0 aliphatic heterocycles. The Labute approximate surface area is 257 Å². The lowest BCUT2D eigenvalue weighted by molar-refractivity contribution is -0.360. The molecule has 0 aliphatic rings. The molecule has 14 nitrogen and oxygen atoms in total. The highest BCUT2D eigenvalue weighted by Gasteiger charge is 2.34. The Bertz CT molecular complexity index is 2790. The number of fused-ring (bicyclic) bond motifs is 8. The van der Waals surface area contributed by atoms with Gasteiger partial charge in [-0.2, -0.15) is 9.97 Å². The summed E-state index contributed by atoms with van der Waals surface area (Å²) in [7, 11) is -10.8. The molecule has 0 atom stereocenters. The number of aryl methyl sites for hydroxylation is 2. The Balaban J connectivity index is 0.00000208. The molecule has 0 amide bonds. The first-order valence-electron chi connectivity index (χ1n) is 12.9. The van der Waals surface area contributed by atoms with E-state index in [1.807, 2.05) is 0 Å². The van der Waals surface area contributed by atoms with Crippen LogP contribution in [0.5, 0.6) is 0 Å². The number of hydrogen-bond acceptors (Lipinski definition) is 10. The maximum atomic E-state index is 13.8. The molecule has 7 rings (SSSR count). The van der Waals surface area contributed by atoms with Crippen LogP contribution >= 0.6 is 0 Å². The second-order valence-electron chi connectivity index (χ2n) is 10.5. The van der Waals surface area contributed by atoms with Gasteiger partial charge in [-0.15, -0.1) is 0 Å². The second kappa shape index (κ2) is 10.2. The molecular weight excluding hydrogens is 640 g/mol. The fraction of sp³-hybridized carbons (Fsp3) is 0.0667. The van der Waals surface area contributed by atoms with E-state index in [2.05, 4.69) is 9.97 Å². The zero-order chi connectivity index (χ0) is 31.6. The first kappa shape index (κ1) is 32.3. The lowest BCUT2D eigenvalue weighted by Crippen LogP contribution is -2.28. The quantitative estimate of drug-likeness (QED) is 0.153. The Kier molecular flexibility index (Phi) is 7.17. The Morgan fingerprint density at radius 3 is 1.00 bits per heavy atom. The largest absolute Gasteiger partial charge is 0.744 e. The zero-order valence-corrected chi connectivity index (χ0v) is 26.2. The van der Waals surface area contributed by atoms with Crippen molar-refractivity contribution in [2.75, 3.05) is 0 Å². The molecule has 0 bridgehead atoms. The lowest BCUT2D eigenvalue weighted by Gasteiger charge is -2.15. The van der Waals surface area contributed by atoms with Gasteiger partial charge in [0.2, 0.25) is 10.9 Å². The number of aromatic nitrogens is 2. The van der Waals surface area contributed by atoms with Gasteiger partial charge in [0.05, 0.1) is 20.6 Å². The van der Waals surface area contributed by atoms with E-state index in [0.717, 1.165) is 0 Å². The highest BCUT2D eigenvalue weighted by atomic mass is 32.2. The number of aromatic amines is 2. The molecule has 0 saturated carbocycles. The predicted molar refractivity (Wildman–Crippen MR) is 169 cm³/mol. The van der Waals surface area contributed by atoms with Crippen molar-refractivity contribution in [2.24, 2.45) is 0 Å². The Morgan fingerprint density at radius 1 is 0.478 bits per heavy atom. The predicted octanol–water partition coefficient (Wildman–Crippen LogP) is 1.73. The van der Waals surface area contributed by atoms with Crippen LogP contribution in [0, 0.1) is 13.8 Å². The van der Waals surface area contributed by atoms with Gasteiger partial charge in [-0.05, 0) is 13.8 Å². The lowest BCUT2D eigenvalue weighted by atomic mass is 9.96. The number of hydrogen-bond donors (Lipinski definition) is 2. The minimum absolute atomic E-state index is 0. The highest BCUT2D eigenvalue weighted by Crippen LogP contribution is 2.33. The molecule has 0 fully saturated rings. The van der Waals surface area contributed by atoms with Crippen LogP contribution < -0.4 is 44.0 Å². The van der Waals surface area contributed by atoms with Crippen LogP contribution in [0.25, 0.3) is 65.2 Å². The molecule has 1 heterocycles. The second-order valence-corrected chi connectivity index (χ2v) is 13.1. The van der Waals surface area contributed by atoms with Gasteiger partial charge in [0, 0.05) is 32.7 Å². The number of rotatable bonds is 2. The van der Waals surface area contributed by atoms with E-state index in [1.165, 1.54) is 62.4 Å². The first-order chi connectivity index (χ1) is 20.6. The van der Waals surface area contributed by atoms with E-state index < -0.39 is 73.3 Å². The third kappa shape index (κ3) is 4.09. The summed E-state index contributed by atoms with van der Waals surface area (Å²) in [6.45, 7) is 2.44. The van der Waals surface area contributed by atoms with Gasteiger partial charge in [-0.25, -0.2) is 16.8 Å². The third-order valence-electron chi connectivity index (χ3n) is 8.13. The molecule has 0 unspecified atom stereocenters. The van der Waals surface area contributed by atoms with Crippen molar-refractivity contribution in [3.05, 3.63) is 101 Å². The van der Waals surface area contributed by atoms with Crippen LogP contribution in [0.1, 0.15) is 11.1 Å². The van der Waals surface area contributed by atoms with Crippen LogP contribution in [0.4, 0.5) is 0 Å². The molecule has 10 N–H and O–H groups in total. The van der Waals surface area contributed by atoms with Gasteiger partial charge in [-0.1, -0.05) is 48.5 Å². The van der Waals surface area contributed by atoms with Gasteiger partial charge < -0.3 is 21.4 Å². The van der Waals surface area contributed by atoms with Gasteiger partial charge >= 0.3 is 0 Å². The maximum absolute atomic E-state index is 13.8. The zero-order valence-electron chi connectivity index (χ0n) is 24.5. The normalized spacial score (nSPS) is 12.3. The van der Waals surface area contributed by atoms with Crippen molar-refractivity contribution in [2.45, 2.75) is 23.6 Å². The average molecular weight is 665 g/mol. The van der Waals surface area contributed by atoms with Crippen molar-refractivity contribution >= 4 is 85.4 Å². The molecule has 0 saturated heterocycles. The monoisotopic (exact) mass is 664 g/mol. The molecule has 6 aromatic carbocycles. The van der Waals surface area contributed by atoms with Crippen molar-refractivity contribution in [3.8, 4) is 0 Å². The number of benzene rings is 6. The molecule has 1 aromatic heterocycles. The first-order valence-corrected chi connectivity index (χ1v) is 15.7. The Morgan fingerprint density at radius 2 is 0.739 bits per heavy atom. The van der Waals surface area contributed by atoms with E-state index >= 15 is 0 Å². The number of quaternary nitrogens is 2. The van der Waals surface area contributed by atoms with Crippen molar-refractivity contribution < 1.29 is 35.9 Å². The summed E-state index contributed by atoms with van der Waals surface area (Å²) in [5.74, 6) is 0. The topological polar surface area (TPSA) is 284 Å². The van der Waals surface area contributed by atoms with E-state index in [1.54, 1.807) is 0 Å². The molecule has 16 heteroatoms. The van der Waals surface area contributed by atoms with E-state index in [-0.39, 0.29) is 67.0 Å². The summed E-state index contributed by atoms with van der Waals surface area (Å²) in [5, 5.41) is -2.65. The van der Waals surface area contributed by atoms with Gasteiger partial charge in [-0.3, -0.25) is 19.2 Å². The van der Waals surface area contributed by atoms with Crippen LogP contribution in [0.2, 0.25) is 0 Å². The van der Waals surface area contributed by atoms with E-state index in [9.17, 15) is 45.1 Å². The smallest absolute Gasteiger partial charge is 0.288 e. The summed E-state index contributed by atoms with van der Waals surface area (Å²) < 4.78 is 75.8. The molecule has 234 valence electrons. The van der Waals surface area contributed by atoms with E-state index in [0.29, 0.717) is 0 Å². The van der Waals surface area contributed by atoms with Crippen LogP contribution in [0.15, 0.2) is 77.5 Å². The van der Waals surface area contributed by atoms with Crippen molar-refractivity contribution in [3.63, 3.8) is 0 Å². The molecule has 7 aromatic rings. The molecule has 0 spiro atoms. The highest BCUT2D eigenvalue weighted by molar-refractivity contribution is 7.86. The van der Waals surface area contributed by atoms with Gasteiger partial charge in [0.1, 0.15) is 31.0 Å². The minimum atomic E-state index is -5.39. The fourth-order valence-corrected chi connectivity index (χ4v) is 8.17. The third-order valence-corrected chi connectivity index (χ3v) is 10.1. The van der Waals surface area contributed by atoms with Crippen LogP contribution in [0.3, 0.4) is 0 Å². The van der Waals surface area contributed by atoms with E-state index in [4.69, 9.17) is 0 Å². The number of H-pyrrole nitrogens is 2. The summed E-state index contributed by atoms with van der Waals surface area (Å²) in [4.78, 5) is 58.8.